The summed E-state index contributed by atoms with van der Waals surface area (Å²) in [4.78, 5) is 16.2. The molecule has 0 unspecified atom stereocenters. The molecule has 8 nitrogen and oxygen atoms in total. The van der Waals surface area contributed by atoms with E-state index in [4.69, 9.17) is 4.42 Å². The predicted molar refractivity (Wildman–Crippen MR) is 93.7 cm³/mol. The Morgan fingerprint density at radius 2 is 1.93 bits per heavy atom. The summed E-state index contributed by atoms with van der Waals surface area (Å²) in [6.45, 7) is 3.21. The number of halogens is 2. The van der Waals surface area contributed by atoms with Crippen molar-refractivity contribution in [3.63, 3.8) is 0 Å². The SMILES string of the molecule is O=C(Cn1cnnn1)N1CCN(Cc2ccc(-c3cccc(F)c3F)o2)CC1. The number of nitrogens with zero attached hydrogens (tertiary/aromatic N) is 6. The molecule has 0 saturated carbocycles. The molecule has 1 amide bonds. The molecule has 0 aliphatic carbocycles. The average Bonchev–Trinajstić information content (AvgIpc) is 3.37. The minimum absolute atomic E-state index is 0.0335. The highest BCUT2D eigenvalue weighted by Crippen LogP contribution is 2.27. The van der Waals surface area contributed by atoms with Gasteiger partial charge in [-0.05, 0) is 34.7 Å². The van der Waals surface area contributed by atoms with Crippen LogP contribution in [0.1, 0.15) is 5.76 Å². The van der Waals surface area contributed by atoms with Crippen molar-refractivity contribution >= 4 is 5.91 Å². The van der Waals surface area contributed by atoms with Crippen LogP contribution in [0.15, 0.2) is 41.1 Å². The molecule has 28 heavy (non-hydrogen) atoms. The minimum Gasteiger partial charge on any atom is -0.460 e. The summed E-state index contributed by atoms with van der Waals surface area (Å²) < 4.78 is 34.4. The number of carbonyl (C=O) groups is 1. The molecule has 1 aromatic carbocycles. The molecule has 0 atom stereocenters. The summed E-state index contributed by atoms with van der Waals surface area (Å²) in [6.07, 6.45) is 1.41. The van der Waals surface area contributed by atoms with Crippen LogP contribution >= 0.6 is 0 Å². The first-order valence-electron chi connectivity index (χ1n) is 8.84. The van der Waals surface area contributed by atoms with Gasteiger partial charge in [-0.3, -0.25) is 9.69 Å². The lowest BCUT2D eigenvalue weighted by Gasteiger charge is -2.34. The third-order valence-electron chi connectivity index (χ3n) is 4.67. The number of tetrazole rings is 1. The van der Waals surface area contributed by atoms with Crippen LogP contribution in [0.25, 0.3) is 11.3 Å². The summed E-state index contributed by atoms with van der Waals surface area (Å²) in [5, 5.41) is 10.7. The number of hydrogen-bond acceptors (Lipinski definition) is 6. The monoisotopic (exact) mass is 388 g/mol. The Balaban J connectivity index is 1.32. The smallest absolute Gasteiger partial charge is 0.244 e. The second kappa shape index (κ2) is 7.85. The molecule has 0 radical (unpaired) electrons. The molecule has 146 valence electrons. The lowest BCUT2D eigenvalue weighted by Crippen LogP contribution is -2.49. The minimum atomic E-state index is -0.918. The van der Waals surface area contributed by atoms with Crippen molar-refractivity contribution in [2.24, 2.45) is 0 Å². The Hall–Kier alpha value is -3.14. The number of aromatic nitrogens is 4. The van der Waals surface area contributed by atoms with Crippen molar-refractivity contribution in [3.05, 3.63) is 54.1 Å². The summed E-state index contributed by atoms with van der Waals surface area (Å²) in [5.41, 5.74) is 0.101. The summed E-state index contributed by atoms with van der Waals surface area (Å²) >= 11 is 0. The van der Waals surface area contributed by atoms with E-state index in [1.54, 1.807) is 17.0 Å². The highest BCUT2D eigenvalue weighted by molar-refractivity contribution is 5.76. The van der Waals surface area contributed by atoms with Crippen molar-refractivity contribution in [1.82, 2.24) is 30.0 Å². The van der Waals surface area contributed by atoms with Gasteiger partial charge in [-0.2, -0.15) is 0 Å². The van der Waals surface area contributed by atoms with Gasteiger partial charge < -0.3 is 9.32 Å². The molecule has 0 spiro atoms. The fourth-order valence-electron chi connectivity index (χ4n) is 3.17. The number of benzene rings is 1. The first-order valence-corrected chi connectivity index (χ1v) is 8.84. The number of rotatable bonds is 5. The van der Waals surface area contributed by atoms with Gasteiger partial charge in [-0.1, -0.05) is 6.07 Å². The first kappa shape index (κ1) is 18.2. The molecular formula is C18H18F2N6O2. The van der Waals surface area contributed by atoms with E-state index in [-0.39, 0.29) is 18.0 Å². The van der Waals surface area contributed by atoms with Gasteiger partial charge in [0.25, 0.3) is 0 Å². The normalized spacial score (nSPS) is 15.1. The van der Waals surface area contributed by atoms with Gasteiger partial charge in [0, 0.05) is 26.2 Å². The van der Waals surface area contributed by atoms with Crippen molar-refractivity contribution in [3.8, 4) is 11.3 Å². The number of amides is 1. The predicted octanol–water partition coefficient (Wildman–Crippen LogP) is 1.56. The van der Waals surface area contributed by atoms with Crippen LogP contribution in [0.5, 0.6) is 0 Å². The topological polar surface area (TPSA) is 80.3 Å². The molecule has 1 saturated heterocycles. The Morgan fingerprint density at radius 1 is 1.11 bits per heavy atom. The van der Waals surface area contributed by atoms with Crippen LogP contribution in [0.4, 0.5) is 8.78 Å². The maximum absolute atomic E-state index is 13.9. The van der Waals surface area contributed by atoms with E-state index in [9.17, 15) is 13.6 Å². The van der Waals surface area contributed by atoms with E-state index in [1.807, 2.05) is 0 Å². The van der Waals surface area contributed by atoms with E-state index < -0.39 is 11.6 Å². The zero-order valence-corrected chi connectivity index (χ0v) is 15.0. The molecule has 0 bridgehead atoms. The van der Waals surface area contributed by atoms with Gasteiger partial charge in [0.1, 0.15) is 24.4 Å². The molecule has 0 N–H and O–H groups in total. The third-order valence-corrected chi connectivity index (χ3v) is 4.67. The van der Waals surface area contributed by atoms with Crippen molar-refractivity contribution in [2.75, 3.05) is 26.2 Å². The van der Waals surface area contributed by atoms with Crippen molar-refractivity contribution < 1.29 is 18.0 Å². The van der Waals surface area contributed by atoms with Crippen LogP contribution in [-0.4, -0.2) is 62.1 Å². The Morgan fingerprint density at radius 3 is 2.68 bits per heavy atom. The van der Waals surface area contributed by atoms with E-state index >= 15 is 0 Å². The van der Waals surface area contributed by atoms with Gasteiger partial charge in [-0.15, -0.1) is 5.10 Å². The molecule has 3 heterocycles. The van der Waals surface area contributed by atoms with Crippen LogP contribution in [-0.2, 0) is 17.9 Å². The largest absolute Gasteiger partial charge is 0.460 e. The standard InChI is InChI=1S/C18H18F2N6O2/c19-15-3-1-2-14(18(15)20)16-5-4-13(28-16)10-24-6-8-25(9-7-24)17(27)11-26-12-21-22-23-26/h1-5,12H,6-11H2. The third kappa shape index (κ3) is 3.91. The number of piperazine rings is 1. The zero-order valence-electron chi connectivity index (χ0n) is 15.0. The highest BCUT2D eigenvalue weighted by atomic mass is 19.2. The Bertz CT molecular complexity index is 951. The molecule has 3 aromatic rings. The Labute approximate surface area is 159 Å². The summed E-state index contributed by atoms with van der Waals surface area (Å²) in [7, 11) is 0. The van der Waals surface area contributed by atoms with Crippen LogP contribution in [0.2, 0.25) is 0 Å². The van der Waals surface area contributed by atoms with Gasteiger partial charge in [0.15, 0.2) is 11.6 Å². The molecule has 10 heteroatoms. The number of carbonyl (C=O) groups excluding carboxylic acids is 1. The fourth-order valence-corrected chi connectivity index (χ4v) is 3.17. The second-order valence-electron chi connectivity index (χ2n) is 6.53. The number of hydrogen-bond donors (Lipinski definition) is 0. The quantitative estimate of drug-likeness (QED) is 0.660. The maximum atomic E-state index is 13.9. The van der Waals surface area contributed by atoms with E-state index in [1.165, 1.54) is 23.1 Å². The molecular weight excluding hydrogens is 370 g/mol. The zero-order chi connectivity index (χ0) is 19.5. The van der Waals surface area contributed by atoms with E-state index in [0.29, 0.717) is 44.2 Å². The van der Waals surface area contributed by atoms with Gasteiger partial charge in [-0.25, -0.2) is 13.5 Å². The van der Waals surface area contributed by atoms with Crippen LogP contribution < -0.4 is 0 Å². The summed E-state index contributed by atoms with van der Waals surface area (Å²) in [6, 6.07) is 7.40. The van der Waals surface area contributed by atoms with E-state index in [0.717, 1.165) is 6.07 Å². The van der Waals surface area contributed by atoms with Crippen LogP contribution in [0.3, 0.4) is 0 Å². The lowest BCUT2D eigenvalue weighted by molar-refractivity contribution is -0.133. The lowest BCUT2D eigenvalue weighted by atomic mass is 10.1. The average molecular weight is 388 g/mol. The first-order chi connectivity index (χ1) is 13.6. The Kier molecular flexibility index (Phi) is 5.11. The van der Waals surface area contributed by atoms with E-state index in [2.05, 4.69) is 20.4 Å². The van der Waals surface area contributed by atoms with Crippen molar-refractivity contribution in [1.29, 1.82) is 0 Å². The van der Waals surface area contributed by atoms with Gasteiger partial charge in [0.05, 0.1) is 12.1 Å². The summed E-state index contributed by atoms with van der Waals surface area (Å²) in [5.74, 6) is -0.904. The molecule has 1 fully saturated rings. The van der Waals surface area contributed by atoms with Crippen LogP contribution in [0, 0.1) is 11.6 Å². The van der Waals surface area contributed by atoms with Gasteiger partial charge in [0.2, 0.25) is 5.91 Å². The maximum Gasteiger partial charge on any atom is 0.244 e. The molecule has 2 aromatic heterocycles. The molecule has 4 rings (SSSR count). The fraction of sp³-hybridized carbons (Fsp3) is 0.333. The molecule has 1 aliphatic rings. The number of furan rings is 1. The van der Waals surface area contributed by atoms with Gasteiger partial charge >= 0.3 is 0 Å². The second-order valence-corrected chi connectivity index (χ2v) is 6.53. The molecule has 1 aliphatic heterocycles. The highest BCUT2D eigenvalue weighted by Gasteiger charge is 2.22. The van der Waals surface area contributed by atoms with Crippen molar-refractivity contribution in [2.45, 2.75) is 13.1 Å².